The summed E-state index contributed by atoms with van der Waals surface area (Å²) < 4.78 is 5.06. The molecule has 0 fully saturated rings. The van der Waals surface area contributed by atoms with Crippen LogP contribution in [-0.4, -0.2) is 4.92 Å². The van der Waals surface area contributed by atoms with Gasteiger partial charge in [-0.05, 0) is 19.1 Å². The molecular weight excluding hydrogens is 170 g/mol. The van der Waals surface area contributed by atoms with Crippen molar-refractivity contribution in [1.82, 2.24) is 0 Å². The third-order valence-electron chi connectivity index (χ3n) is 1.97. The first-order valence-electron chi connectivity index (χ1n) is 3.81. The van der Waals surface area contributed by atoms with Gasteiger partial charge in [-0.15, -0.1) is 0 Å². The maximum absolute atomic E-state index is 10.6. The number of furan rings is 1. The van der Waals surface area contributed by atoms with Gasteiger partial charge < -0.3 is 4.42 Å². The molecule has 0 bridgehead atoms. The molecule has 4 heteroatoms. The fourth-order valence-electron chi connectivity index (χ4n) is 1.31. The highest BCUT2D eigenvalue weighted by molar-refractivity contribution is 5.80. The van der Waals surface area contributed by atoms with Gasteiger partial charge in [-0.25, -0.2) is 0 Å². The molecular formula is C9H7NO3. The van der Waals surface area contributed by atoms with Crippen LogP contribution in [0.25, 0.3) is 11.0 Å². The van der Waals surface area contributed by atoms with Crippen LogP contribution in [0.15, 0.2) is 28.9 Å². The molecule has 0 atom stereocenters. The molecule has 1 aromatic heterocycles. The Morgan fingerprint density at radius 1 is 1.46 bits per heavy atom. The number of hydrogen-bond acceptors (Lipinski definition) is 3. The van der Waals surface area contributed by atoms with Crippen LogP contribution < -0.4 is 0 Å². The second kappa shape index (κ2) is 2.58. The van der Waals surface area contributed by atoms with E-state index in [4.69, 9.17) is 4.42 Å². The van der Waals surface area contributed by atoms with Crippen LogP contribution in [0.2, 0.25) is 0 Å². The van der Waals surface area contributed by atoms with Crippen molar-refractivity contribution in [2.45, 2.75) is 6.92 Å². The summed E-state index contributed by atoms with van der Waals surface area (Å²) in [5.74, 6) is 0. The van der Waals surface area contributed by atoms with Crippen LogP contribution in [0.3, 0.4) is 0 Å². The first-order chi connectivity index (χ1) is 6.18. The third kappa shape index (κ3) is 1.16. The number of nitro benzene ring substituents is 1. The van der Waals surface area contributed by atoms with Crippen LogP contribution in [-0.2, 0) is 0 Å². The Kier molecular flexibility index (Phi) is 1.55. The zero-order chi connectivity index (χ0) is 9.42. The van der Waals surface area contributed by atoms with E-state index in [1.807, 2.05) is 0 Å². The minimum Gasteiger partial charge on any atom is -0.464 e. The second-order valence-electron chi connectivity index (χ2n) is 2.85. The maximum atomic E-state index is 10.6. The van der Waals surface area contributed by atoms with Crippen LogP contribution in [0.4, 0.5) is 5.69 Å². The van der Waals surface area contributed by atoms with E-state index >= 15 is 0 Å². The van der Waals surface area contributed by atoms with E-state index in [1.165, 1.54) is 12.3 Å². The second-order valence-corrected chi connectivity index (χ2v) is 2.85. The molecule has 2 rings (SSSR count). The summed E-state index contributed by atoms with van der Waals surface area (Å²) in [4.78, 5) is 10.1. The maximum Gasteiger partial charge on any atom is 0.276 e. The lowest BCUT2D eigenvalue weighted by atomic mass is 10.1. The van der Waals surface area contributed by atoms with Gasteiger partial charge in [0.15, 0.2) is 0 Å². The largest absolute Gasteiger partial charge is 0.464 e. The van der Waals surface area contributed by atoms with E-state index in [0.717, 1.165) is 5.39 Å². The lowest BCUT2D eigenvalue weighted by Crippen LogP contribution is -1.90. The lowest BCUT2D eigenvalue weighted by Gasteiger charge is -1.95. The molecule has 0 unspecified atom stereocenters. The smallest absolute Gasteiger partial charge is 0.276 e. The molecule has 1 heterocycles. The molecule has 1 aromatic carbocycles. The predicted octanol–water partition coefficient (Wildman–Crippen LogP) is 2.65. The molecule has 2 aromatic rings. The zero-order valence-electron chi connectivity index (χ0n) is 6.98. The Balaban J connectivity index is 2.76. The fraction of sp³-hybridized carbons (Fsp3) is 0.111. The van der Waals surface area contributed by atoms with Crippen molar-refractivity contribution in [3.63, 3.8) is 0 Å². The molecule has 0 spiro atoms. The Hall–Kier alpha value is -1.84. The standard InChI is InChI=1S/C9H7NO3/c1-6-4-7-2-3-13-9(7)5-8(6)10(11)12/h2-5H,1H3. The normalized spacial score (nSPS) is 10.5. The van der Waals surface area contributed by atoms with Crippen molar-refractivity contribution < 1.29 is 9.34 Å². The summed E-state index contributed by atoms with van der Waals surface area (Å²) in [5.41, 5.74) is 1.30. The molecule has 0 saturated heterocycles. The minimum absolute atomic E-state index is 0.0995. The summed E-state index contributed by atoms with van der Waals surface area (Å²) in [5, 5.41) is 11.4. The highest BCUT2D eigenvalue weighted by Gasteiger charge is 2.12. The predicted molar refractivity (Wildman–Crippen MR) is 47.6 cm³/mol. The van der Waals surface area contributed by atoms with Crippen molar-refractivity contribution in [3.8, 4) is 0 Å². The SMILES string of the molecule is Cc1cc2ccoc2cc1[N+](=O)[O-]. The third-order valence-corrected chi connectivity index (χ3v) is 1.97. The number of rotatable bonds is 1. The number of benzene rings is 1. The highest BCUT2D eigenvalue weighted by atomic mass is 16.6. The average Bonchev–Trinajstić information content (AvgIpc) is 2.48. The van der Waals surface area contributed by atoms with Crippen molar-refractivity contribution in [3.05, 3.63) is 40.1 Å². The summed E-state index contributed by atoms with van der Waals surface area (Å²) in [6.07, 6.45) is 1.52. The Labute approximate surface area is 73.9 Å². The molecule has 0 amide bonds. The number of nitro groups is 1. The van der Waals surface area contributed by atoms with Gasteiger partial charge in [0.05, 0.1) is 17.3 Å². The molecule has 0 aliphatic carbocycles. The van der Waals surface area contributed by atoms with Crippen molar-refractivity contribution >= 4 is 16.7 Å². The molecule has 0 N–H and O–H groups in total. The summed E-state index contributed by atoms with van der Waals surface area (Å²) >= 11 is 0. The van der Waals surface area contributed by atoms with E-state index < -0.39 is 4.92 Å². The summed E-state index contributed by atoms with van der Waals surface area (Å²) in [7, 11) is 0. The van der Waals surface area contributed by atoms with E-state index in [0.29, 0.717) is 11.1 Å². The molecule has 66 valence electrons. The van der Waals surface area contributed by atoms with Gasteiger partial charge in [-0.1, -0.05) is 0 Å². The van der Waals surface area contributed by atoms with Crippen LogP contribution in [0, 0.1) is 17.0 Å². The first kappa shape index (κ1) is 7.79. The van der Waals surface area contributed by atoms with Crippen LogP contribution in [0.1, 0.15) is 5.56 Å². The van der Waals surface area contributed by atoms with E-state index in [9.17, 15) is 10.1 Å². The fourth-order valence-corrected chi connectivity index (χ4v) is 1.31. The highest BCUT2D eigenvalue weighted by Crippen LogP contribution is 2.25. The Morgan fingerprint density at radius 2 is 2.23 bits per heavy atom. The number of aryl methyl sites for hydroxylation is 1. The molecule has 13 heavy (non-hydrogen) atoms. The van der Waals surface area contributed by atoms with E-state index in [2.05, 4.69) is 0 Å². The minimum atomic E-state index is -0.405. The zero-order valence-corrected chi connectivity index (χ0v) is 6.98. The average molecular weight is 177 g/mol. The van der Waals surface area contributed by atoms with Crippen LogP contribution in [0.5, 0.6) is 0 Å². The van der Waals surface area contributed by atoms with Gasteiger partial charge >= 0.3 is 0 Å². The van der Waals surface area contributed by atoms with Crippen molar-refractivity contribution in [2.24, 2.45) is 0 Å². The van der Waals surface area contributed by atoms with Gasteiger partial charge in [0, 0.05) is 10.9 Å². The number of nitrogens with zero attached hydrogens (tertiary/aromatic N) is 1. The van der Waals surface area contributed by atoms with Gasteiger partial charge in [-0.2, -0.15) is 0 Å². The summed E-state index contributed by atoms with van der Waals surface area (Å²) in [6.45, 7) is 1.71. The van der Waals surface area contributed by atoms with E-state index in [-0.39, 0.29) is 5.69 Å². The first-order valence-corrected chi connectivity index (χ1v) is 3.81. The summed E-state index contributed by atoms with van der Waals surface area (Å²) in [6, 6.07) is 4.98. The Morgan fingerprint density at radius 3 is 2.92 bits per heavy atom. The van der Waals surface area contributed by atoms with Gasteiger partial charge in [0.25, 0.3) is 5.69 Å². The quantitative estimate of drug-likeness (QED) is 0.497. The van der Waals surface area contributed by atoms with Crippen LogP contribution >= 0.6 is 0 Å². The lowest BCUT2D eigenvalue weighted by molar-refractivity contribution is -0.385. The molecule has 0 radical (unpaired) electrons. The number of hydrogen-bond donors (Lipinski definition) is 0. The van der Waals surface area contributed by atoms with Crippen molar-refractivity contribution in [2.75, 3.05) is 0 Å². The van der Waals surface area contributed by atoms with Crippen molar-refractivity contribution in [1.29, 1.82) is 0 Å². The van der Waals surface area contributed by atoms with E-state index in [1.54, 1.807) is 19.1 Å². The van der Waals surface area contributed by atoms with Gasteiger partial charge in [-0.3, -0.25) is 10.1 Å². The monoisotopic (exact) mass is 177 g/mol. The van der Waals surface area contributed by atoms with Gasteiger partial charge in [0.2, 0.25) is 0 Å². The molecule has 4 nitrogen and oxygen atoms in total. The molecule has 0 saturated carbocycles. The number of fused-ring (bicyclic) bond motifs is 1. The van der Waals surface area contributed by atoms with Gasteiger partial charge in [0.1, 0.15) is 5.58 Å². The topological polar surface area (TPSA) is 56.3 Å². The molecule has 0 aliphatic rings. The molecule has 0 aliphatic heterocycles. The Bertz CT molecular complexity index is 473.